The topological polar surface area (TPSA) is 57.1 Å². The zero-order valence-corrected chi connectivity index (χ0v) is 7.04. The van der Waals surface area contributed by atoms with E-state index in [9.17, 15) is 10.2 Å². The molecule has 0 aromatic rings. The van der Waals surface area contributed by atoms with E-state index in [-0.39, 0.29) is 18.4 Å². The lowest BCUT2D eigenvalue weighted by atomic mass is 9.99. The number of nitrogens with two attached hydrogens (primary N) is 1. The molecule has 2 fully saturated rings. The predicted molar refractivity (Wildman–Crippen MR) is 35.3 cm³/mol. The van der Waals surface area contributed by atoms with Gasteiger partial charge in [0.15, 0.2) is 0 Å². The standard InChI is InChI=1S/C7H13NO2.ClH/c9-6-4-1-2-8-5(3-4)7(6)10;/h4-10H,1-3H2;1H/t4-,5+,6-,7-;/m1./s1. The van der Waals surface area contributed by atoms with E-state index in [0.29, 0.717) is 5.92 Å². The van der Waals surface area contributed by atoms with E-state index in [0.717, 1.165) is 19.4 Å². The molecular formula is C7H14ClNO2. The number of quaternary nitrogens is 1. The third-order valence-electron chi connectivity index (χ3n) is 2.85. The lowest BCUT2D eigenvalue weighted by Gasteiger charge is -2.16. The smallest absolute Gasteiger partial charge is 0.132 e. The summed E-state index contributed by atoms with van der Waals surface area (Å²) in [5, 5.41) is 20.9. The Morgan fingerprint density at radius 2 is 1.91 bits per heavy atom. The van der Waals surface area contributed by atoms with E-state index in [1.165, 1.54) is 0 Å². The maximum absolute atomic E-state index is 9.40. The second-order valence-electron chi connectivity index (χ2n) is 3.45. The molecule has 1 aliphatic heterocycles. The van der Waals surface area contributed by atoms with E-state index in [2.05, 4.69) is 5.32 Å². The molecule has 1 aliphatic carbocycles. The fraction of sp³-hybridized carbons (Fsp3) is 1.00. The van der Waals surface area contributed by atoms with Crippen LogP contribution in [0.25, 0.3) is 0 Å². The van der Waals surface area contributed by atoms with Crippen molar-refractivity contribution in [3.63, 3.8) is 0 Å². The molecule has 66 valence electrons. The molecule has 11 heavy (non-hydrogen) atoms. The molecule has 0 amide bonds. The van der Waals surface area contributed by atoms with Gasteiger partial charge in [-0.05, 0) is 5.92 Å². The van der Waals surface area contributed by atoms with Crippen LogP contribution >= 0.6 is 0 Å². The van der Waals surface area contributed by atoms with Gasteiger partial charge in [-0.15, -0.1) is 0 Å². The van der Waals surface area contributed by atoms with Crippen LogP contribution in [0.5, 0.6) is 0 Å². The van der Waals surface area contributed by atoms with Crippen LogP contribution in [0.2, 0.25) is 0 Å². The SMILES string of the molecule is O[C@@H]1[C@@H]2CC[NH2+][C@@H](C2)[C@H]1O.[Cl-]. The summed E-state index contributed by atoms with van der Waals surface area (Å²) in [6, 6.07) is 0.286. The first kappa shape index (κ1) is 9.26. The molecule has 4 N–H and O–H groups in total. The van der Waals surface area contributed by atoms with Crippen LogP contribution in [-0.4, -0.2) is 35.0 Å². The summed E-state index contributed by atoms with van der Waals surface area (Å²) >= 11 is 0. The third-order valence-corrected chi connectivity index (χ3v) is 2.85. The molecule has 2 aliphatic rings. The second-order valence-corrected chi connectivity index (χ2v) is 3.45. The summed E-state index contributed by atoms with van der Waals surface area (Å²) in [5.74, 6) is 0.380. The van der Waals surface area contributed by atoms with Gasteiger partial charge in [-0.1, -0.05) is 0 Å². The first-order valence-electron chi connectivity index (χ1n) is 3.98. The number of hydrogen-bond acceptors (Lipinski definition) is 2. The van der Waals surface area contributed by atoms with Gasteiger partial charge in [-0.2, -0.15) is 0 Å². The minimum absolute atomic E-state index is 0. The second kappa shape index (κ2) is 3.27. The Balaban J connectivity index is 0.000000605. The normalized spacial score (nSPS) is 48.5. The molecule has 3 nitrogen and oxygen atoms in total. The van der Waals surface area contributed by atoms with Crippen molar-refractivity contribution in [1.82, 2.24) is 0 Å². The van der Waals surface area contributed by atoms with Gasteiger partial charge in [0, 0.05) is 12.8 Å². The lowest BCUT2D eigenvalue weighted by molar-refractivity contribution is -0.700. The number of halogens is 1. The predicted octanol–water partition coefficient (Wildman–Crippen LogP) is -4.93. The van der Waals surface area contributed by atoms with Crippen molar-refractivity contribution < 1.29 is 27.9 Å². The molecular weight excluding hydrogens is 166 g/mol. The van der Waals surface area contributed by atoms with Crippen molar-refractivity contribution in [2.75, 3.05) is 6.54 Å². The Kier molecular flexibility index (Phi) is 2.75. The Morgan fingerprint density at radius 3 is 2.45 bits per heavy atom. The van der Waals surface area contributed by atoms with Gasteiger partial charge in [0.1, 0.15) is 12.1 Å². The van der Waals surface area contributed by atoms with E-state index in [1.807, 2.05) is 0 Å². The first-order valence-corrected chi connectivity index (χ1v) is 3.98. The largest absolute Gasteiger partial charge is 1.00 e. The van der Waals surface area contributed by atoms with Crippen LogP contribution in [0, 0.1) is 5.92 Å². The average molecular weight is 180 g/mol. The zero-order valence-electron chi connectivity index (χ0n) is 6.28. The van der Waals surface area contributed by atoms with Gasteiger partial charge < -0.3 is 27.9 Å². The fourth-order valence-electron chi connectivity index (χ4n) is 2.21. The minimum Gasteiger partial charge on any atom is -1.00 e. The lowest BCUT2D eigenvalue weighted by Crippen LogP contribution is -3.00. The highest BCUT2D eigenvalue weighted by Crippen LogP contribution is 2.28. The third kappa shape index (κ3) is 1.38. The molecule has 4 heteroatoms. The molecule has 0 unspecified atom stereocenters. The van der Waals surface area contributed by atoms with Gasteiger partial charge in [0.25, 0.3) is 0 Å². The van der Waals surface area contributed by atoms with Gasteiger partial charge in [0.2, 0.25) is 0 Å². The van der Waals surface area contributed by atoms with E-state index in [4.69, 9.17) is 0 Å². The van der Waals surface area contributed by atoms with E-state index < -0.39 is 12.2 Å². The maximum Gasteiger partial charge on any atom is 0.132 e. The van der Waals surface area contributed by atoms with Crippen LogP contribution in [0.1, 0.15) is 12.8 Å². The van der Waals surface area contributed by atoms with Crippen molar-refractivity contribution >= 4 is 0 Å². The van der Waals surface area contributed by atoms with Crippen LogP contribution in [0.15, 0.2) is 0 Å². The quantitative estimate of drug-likeness (QED) is 0.349. The molecule has 1 saturated heterocycles. The summed E-state index contributed by atoms with van der Waals surface area (Å²) in [5.41, 5.74) is 0. The summed E-state index contributed by atoms with van der Waals surface area (Å²) in [7, 11) is 0. The zero-order chi connectivity index (χ0) is 7.14. The Labute approximate surface area is 72.2 Å². The van der Waals surface area contributed by atoms with E-state index in [1.54, 1.807) is 0 Å². The molecule has 1 heterocycles. The minimum atomic E-state index is -0.465. The van der Waals surface area contributed by atoms with Gasteiger partial charge in [-0.3, -0.25) is 0 Å². The number of fused-ring (bicyclic) bond motifs is 2. The highest BCUT2D eigenvalue weighted by molar-refractivity contribution is 4.92. The molecule has 4 atom stereocenters. The van der Waals surface area contributed by atoms with Crippen molar-refractivity contribution in [3.05, 3.63) is 0 Å². The van der Waals surface area contributed by atoms with Crippen molar-refractivity contribution in [1.29, 1.82) is 0 Å². The van der Waals surface area contributed by atoms with Crippen molar-refractivity contribution in [2.24, 2.45) is 5.92 Å². The van der Waals surface area contributed by atoms with Crippen molar-refractivity contribution in [2.45, 2.75) is 31.1 Å². The highest BCUT2D eigenvalue weighted by atomic mass is 35.5. The molecule has 1 saturated carbocycles. The van der Waals surface area contributed by atoms with Gasteiger partial charge in [0.05, 0.1) is 12.6 Å². The Hall–Kier alpha value is 0.170. The molecule has 0 spiro atoms. The molecule has 0 radical (unpaired) electrons. The summed E-state index contributed by atoms with van der Waals surface area (Å²) in [6.45, 7) is 1.07. The Bertz CT molecular complexity index is 126. The summed E-state index contributed by atoms with van der Waals surface area (Å²) in [6.07, 6.45) is 1.16. The number of hydrogen-bond donors (Lipinski definition) is 3. The average Bonchev–Trinajstić information content (AvgIpc) is 2.17. The van der Waals surface area contributed by atoms with Crippen LogP contribution < -0.4 is 17.7 Å². The fourth-order valence-corrected chi connectivity index (χ4v) is 2.21. The van der Waals surface area contributed by atoms with Crippen LogP contribution in [-0.2, 0) is 0 Å². The first-order chi connectivity index (χ1) is 4.79. The van der Waals surface area contributed by atoms with Gasteiger partial charge in [-0.25, -0.2) is 0 Å². The maximum atomic E-state index is 9.40. The van der Waals surface area contributed by atoms with Crippen LogP contribution in [0.3, 0.4) is 0 Å². The van der Waals surface area contributed by atoms with Gasteiger partial charge >= 0.3 is 0 Å². The number of rotatable bonds is 0. The monoisotopic (exact) mass is 179 g/mol. The number of piperidine rings is 1. The number of aliphatic hydroxyl groups excluding tert-OH is 2. The Morgan fingerprint density at radius 1 is 1.18 bits per heavy atom. The highest BCUT2D eigenvalue weighted by Gasteiger charge is 2.46. The molecule has 2 bridgehead atoms. The summed E-state index contributed by atoms with van der Waals surface area (Å²) < 4.78 is 0. The van der Waals surface area contributed by atoms with Crippen molar-refractivity contribution in [3.8, 4) is 0 Å². The van der Waals surface area contributed by atoms with E-state index >= 15 is 0 Å². The molecule has 0 aromatic carbocycles. The number of aliphatic hydroxyl groups is 2. The molecule has 0 aromatic heterocycles. The van der Waals surface area contributed by atoms with Crippen LogP contribution in [0.4, 0.5) is 0 Å². The summed E-state index contributed by atoms with van der Waals surface area (Å²) in [4.78, 5) is 0. The molecule has 2 rings (SSSR count).